The van der Waals surface area contributed by atoms with E-state index in [0.717, 1.165) is 11.3 Å². The summed E-state index contributed by atoms with van der Waals surface area (Å²) in [7, 11) is 1.45. The Kier molecular flexibility index (Phi) is 6.74. The Hall–Kier alpha value is -2.87. The van der Waals surface area contributed by atoms with Crippen LogP contribution in [-0.2, 0) is 0 Å². The second kappa shape index (κ2) is 9.00. The van der Waals surface area contributed by atoms with Crippen LogP contribution >= 0.6 is 12.2 Å². The summed E-state index contributed by atoms with van der Waals surface area (Å²) in [5, 5.41) is 17.4. The molecule has 0 heterocycles. The molecule has 1 atom stereocenters. The average molecular weight is 375 g/mol. The zero-order valence-electron chi connectivity index (χ0n) is 14.8. The maximum atomic E-state index is 10.9. The van der Waals surface area contributed by atoms with E-state index < -0.39 is 4.92 Å². The van der Waals surface area contributed by atoms with Crippen molar-refractivity contribution < 1.29 is 14.4 Å². The number of nitrogens with zero attached hydrogens (tertiary/aromatic N) is 1. The van der Waals surface area contributed by atoms with Gasteiger partial charge in [0.1, 0.15) is 11.5 Å². The molecule has 0 fully saturated rings. The highest BCUT2D eigenvalue weighted by Gasteiger charge is 2.13. The molecule has 26 heavy (non-hydrogen) atoms. The van der Waals surface area contributed by atoms with Gasteiger partial charge in [-0.1, -0.05) is 12.1 Å². The van der Waals surface area contributed by atoms with Gasteiger partial charge in [0, 0.05) is 6.07 Å². The molecular weight excluding hydrogens is 354 g/mol. The van der Waals surface area contributed by atoms with Gasteiger partial charge >= 0.3 is 0 Å². The van der Waals surface area contributed by atoms with Crippen LogP contribution in [0.3, 0.4) is 0 Å². The third-order valence-electron chi connectivity index (χ3n) is 3.68. The lowest BCUT2D eigenvalue weighted by atomic mass is 10.1. The van der Waals surface area contributed by atoms with Crippen molar-refractivity contribution in [2.24, 2.45) is 0 Å². The first-order valence-electron chi connectivity index (χ1n) is 8.07. The molecule has 0 saturated heterocycles. The number of hydrogen-bond donors (Lipinski definition) is 2. The Morgan fingerprint density at radius 2 is 1.96 bits per heavy atom. The molecule has 0 bridgehead atoms. The van der Waals surface area contributed by atoms with Gasteiger partial charge in [-0.05, 0) is 49.8 Å². The number of anilines is 1. The van der Waals surface area contributed by atoms with Crippen LogP contribution in [0.4, 0.5) is 11.4 Å². The van der Waals surface area contributed by atoms with Crippen molar-refractivity contribution in [2.75, 3.05) is 19.0 Å². The average Bonchev–Trinajstić information content (AvgIpc) is 2.62. The van der Waals surface area contributed by atoms with E-state index in [1.54, 1.807) is 6.07 Å². The van der Waals surface area contributed by atoms with Crippen LogP contribution in [-0.4, -0.2) is 23.8 Å². The van der Waals surface area contributed by atoms with Gasteiger partial charge in [0.15, 0.2) is 5.11 Å². The van der Waals surface area contributed by atoms with E-state index in [-0.39, 0.29) is 11.7 Å². The van der Waals surface area contributed by atoms with Crippen LogP contribution in [0, 0.1) is 10.1 Å². The van der Waals surface area contributed by atoms with Crippen LogP contribution in [0.5, 0.6) is 11.5 Å². The van der Waals surface area contributed by atoms with Crippen molar-refractivity contribution in [3.8, 4) is 11.5 Å². The first-order valence-corrected chi connectivity index (χ1v) is 8.48. The molecule has 0 amide bonds. The van der Waals surface area contributed by atoms with Crippen LogP contribution in [0.2, 0.25) is 0 Å². The van der Waals surface area contributed by atoms with Crippen molar-refractivity contribution in [3.63, 3.8) is 0 Å². The molecule has 8 heteroatoms. The first kappa shape index (κ1) is 19.5. The molecule has 2 N–H and O–H groups in total. The van der Waals surface area contributed by atoms with Gasteiger partial charge < -0.3 is 20.1 Å². The standard InChI is InChI=1S/C18H21N3O4S/c1-4-25-15-8-5-13(6-9-15)12(2)19-18(26)20-16-10-7-14(21(22)23)11-17(16)24-3/h5-12H,4H2,1-3H3,(H2,19,20,26)/t12-/m1/s1. The summed E-state index contributed by atoms with van der Waals surface area (Å²) in [6.07, 6.45) is 0. The minimum absolute atomic E-state index is 0.0327. The summed E-state index contributed by atoms with van der Waals surface area (Å²) in [5.74, 6) is 1.16. The predicted octanol–water partition coefficient (Wildman–Crippen LogP) is 4.05. The van der Waals surface area contributed by atoms with Crippen molar-refractivity contribution in [3.05, 3.63) is 58.1 Å². The van der Waals surface area contributed by atoms with Crippen LogP contribution < -0.4 is 20.1 Å². The van der Waals surface area contributed by atoms with E-state index in [4.69, 9.17) is 21.7 Å². The summed E-state index contributed by atoms with van der Waals surface area (Å²) in [5.41, 5.74) is 1.55. The number of benzene rings is 2. The summed E-state index contributed by atoms with van der Waals surface area (Å²) in [4.78, 5) is 10.4. The zero-order valence-corrected chi connectivity index (χ0v) is 15.6. The van der Waals surface area contributed by atoms with Gasteiger partial charge in [0.05, 0.1) is 36.4 Å². The minimum atomic E-state index is -0.475. The normalized spacial score (nSPS) is 11.3. The molecule has 7 nitrogen and oxygen atoms in total. The van der Waals surface area contributed by atoms with Crippen molar-refractivity contribution in [1.29, 1.82) is 0 Å². The van der Waals surface area contributed by atoms with Gasteiger partial charge in [-0.2, -0.15) is 0 Å². The fourth-order valence-corrected chi connectivity index (χ4v) is 2.64. The molecule has 2 rings (SSSR count). The van der Waals surface area contributed by atoms with Gasteiger partial charge in [-0.3, -0.25) is 10.1 Å². The Morgan fingerprint density at radius 3 is 2.54 bits per heavy atom. The first-order chi connectivity index (χ1) is 12.4. The maximum Gasteiger partial charge on any atom is 0.273 e. The highest BCUT2D eigenvalue weighted by atomic mass is 32.1. The molecule has 0 spiro atoms. The highest BCUT2D eigenvalue weighted by molar-refractivity contribution is 7.80. The maximum absolute atomic E-state index is 10.9. The minimum Gasteiger partial charge on any atom is -0.494 e. The lowest BCUT2D eigenvalue weighted by molar-refractivity contribution is -0.384. The monoisotopic (exact) mass is 375 g/mol. The Labute approximate surface area is 157 Å². The highest BCUT2D eigenvalue weighted by Crippen LogP contribution is 2.29. The van der Waals surface area contributed by atoms with Gasteiger partial charge in [-0.15, -0.1) is 0 Å². The van der Waals surface area contributed by atoms with E-state index in [9.17, 15) is 10.1 Å². The lowest BCUT2D eigenvalue weighted by Gasteiger charge is -2.18. The van der Waals surface area contributed by atoms with Crippen LogP contribution in [0.25, 0.3) is 0 Å². The van der Waals surface area contributed by atoms with E-state index in [0.29, 0.717) is 23.2 Å². The number of nitro groups is 1. The van der Waals surface area contributed by atoms with E-state index in [2.05, 4.69) is 10.6 Å². The quantitative estimate of drug-likeness (QED) is 0.429. The van der Waals surface area contributed by atoms with E-state index in [1.165, 1.54) is 19.2 Å². The second-order valence-corrected chi connectivity index (χ2v) is 5.87. The fourth-order valence-electron chi connectivity index (χ4n) is 2.35. The number of methoxy groups -OCH3 is 1. The van der Waals surface area contributed by atoms with Gasteiger partial charge in [0.25, 0.3) is 5.69 Å². The van der Waals surface area contributed by atoms with Crippen molar-refractivity contribution in [2.45, 2.75) is 19.9 Å². The fraction of sp³-hybridized carbons (Fsp3) is 0.278. The van der Waals surface area contributed by atoms with Gasteiger partial charge in [-0.25, -0.2) is 0 Å². The number of rotatable bonds is 7. The molecule has 138 valence electrons. The number of nitrogens with one attached hydrogen (secondary N) is 2. The van der Waals surface area contributed by atoms with E-state index in [1.807, 2.05) is 38.1 Å². The lowest BCUT2D eigenvalue weighted by Crippen LogP contribution is -2.31. The van der Waals surface area contributed by atoms with Crippen LogP contribution in [0.15, 0.2) is 42.5 Å². The number of hydrogen-bond acceptors (Lipinski definition) is 5. The summed E-state index contributed by atoms with van der Waals surface area (Å²) in [6, 6.07) is 12.0. The molecule has 0 aliphatic heterocycles. The van der Waals surface area contributed by atoms with Crippen LogP contribution in [0.1, 0.15) is 25.5 Å². The summed E-state index contributed by atoms with van der Waals surface area (Å²) < 4.78 is 10.6. The number of nitro benzene ring substituents is 1. The molecule has 0 saturated carbocycles. The smallest absolute Gasteiger partial charge is 0.273 e. The predicted molar refractivity (Wildman–Crippen MR) is 105 cm³/mol. The molecule has 0 unspecified atom stereocenters. The zero-order chi connectivity index (χ0) is 19.1. The molecule has 0 aliphatic carbocycles. The number of thiocarbonyl (C=S) groups is 1. The SMILES string of the molecule is CCOc1ccc([C@@H](C)NC(=S)Nc2ccc([N+](=O)[O-])cc2OC)cc1. The van der Waals surface area contributed by atoms with E-state index >= 15 is 0 Å². The molecule has 2 aromatic rings. The molecule has 0 aliphatic rings. The Balaban J connectivity index is 2.02. The summed E-state index contributed by atoms with van der Waals surface area (Å²) in [6.45, 7) is 4.55. The third kappa shape index (κ3) is 5.06. The summed E-state index contributed by atoms with van der Waals surface area (Å²) >= 11 is 5.34. The molecular formula is C18H21N3O4S. The van der Waals surface area contributed by atoms with Crippen molar-refractivity contribution >= 4 is 28.7 Å². The molecule has 0 aromatic heterocycles. The molecule has 2 aromatic carbocycles. The van der Waals surface area contributed by atoms with Gasteiger partial charge in [0.2, 0.25) is 0 Å². The molecule has 0 radical (unpaired) electrons. The van der Waals surface area contributed by atoms with Crippen molar-refractivity contribution in [1.82, 2.24) is 5.32 Å². The topological polar surface area (TPSA) is 85.7 Å². The second-order valence-electron chi connectivity index (χ2n) is 5.46. The Bertz CT molecular complexity index is 781. The number of ether oxygens (including phenoxy) is 2. The number of non-ortho nitro benzene ring substituents is 1. The Morgan fingerprint density at radius 1 is 1.27 bits per heavy atom. The third-order valence-corrected chi connectivity index (χ3v) is 3.90. The largest absolute Gasteiger partial charge is 0.494 e.